The Morgan fingerprint density at radius 2 is 1.84 bits per heavy atom. The highest BCUT2D eigenvalue weighted by Gasteiger charge is 2.14. The summed E-state index contributed by atoms with van der Waals surface area (Å²) >= 11 is 0. The maximum Gasteiger partial charge on any atom is 0.145 e. The first-order valence-electron chi connectivity index (χ1n) is 11.4. The second kappa shape index (κ2) is 8.83. The van der Waals surface area contributed by atoms with Crippen LogP contribution in [0, 0.1) is 6.92 Å². The topological polar surface area (TPSA) is 42.7 Å². The Kier molecular flexibility index (Phi) is 5.59. The third-order valence-corrected chi connectivity index (χ3v) is 6.01. The summed E-state index contributed by atoms with van der Waals surface area (Å²) in [7, 11) is 0. The van der Waals surface area contributed by atoms with Gasteiger partial charge in [0, 0.05) is 52.8 Å². The molecule has 0 saturated heterocycles. The molecule has 2 aromatic carbocycles. The van der Waals surface area contributed by atoms with Crippen LogP contribution in [0.1, 0.15) is 31.7 Å². The first-order chi connectivity index (χ1) is 15.7. The number of pyridine rings is 2. The lowest BCUT2D eigenvalue weighted by Crippen LogP contribution is -2.02. The number of aromatic nitrogens is 3. The van der Waals surface area contributed by atoms with Crippen molar-refractivity contribution in [2.75, 3.05) is 11.9 Å². The molecule has 4 heteroatoms. The largest absolute Gasteiger partial charge is 0.385 e. The summed E-state index contributed by atoms with van der Waals surface area (Å²) in [6.07, 6.45) is 9.73. The summed E-state index contributed by atoms with van der Waals surface area (Å²) in [4.78, 5) is 9.44. The number of para-hydroxylation sites is 1. The first-order valence-corrected chi connectivity index (χ1v) is 11.4. The molecular weight excluding hydrogens is 392 g/mol. The molecule has 0 fully saturated rings. The van der Waals surface area contributed by atoms with E-state index in [0.717, 1.165) is 40.0 Å². The number of nitrogens with zero attached hydrogens (tertiary/aromatic N) is 3. The Morgan fingerprint density at radius 1 is 0.938 bits per heavy atom. The Balaban J connectivity index is 1.55. The van der Waals surface area contributed by atoms with Crippen LogP contribution < -0.4 is 5.32 Å². The SMILES string of the molecule is CCCCCNc1cccc(-n2cc(C)c3c(-c4cnc5ccccc5c4)ccnc32)c1. The quantitative estimate of drug-likeness (QED) is 0.284. The number of fused-ring (bicyclic) bond motifs is 2. The minimum atomic E-state index is 0.969. The highest BCUT2D eigenvalue weighted by atomic mass is 15.0. The van der Waals surface area contributed by atoms with E-state index in [1.807, 2.05) is 24.5 Å². The highest BCUT2D eigenvalue weighted by Crippen LogP contribution is 2.33. The summed E-state index contributed by atoms with van der Waals surface area (Å²) in [5.74, 6) is 0. The number of hydrogen-bond donors (Lipinski definition) is 1. The van der Waals surface area contributed by atoms with Gasteiger partial charge in [-0.05, 0) is 60.9 Å². The van der Waals surface area contributed by atoms with E-state index in [0.29, 0.717) is 0 Å². The second-order valence-corrected chi connectivity index (χ2v) is 8.34. The summed E-state index contributed by atoms with van der Waals surface area (Å²) in [6.45, 7) is 5.39. The number of nitrogens with one attached hydrogen (secondary N) is 1. The second-order valence-electron chi connectivity index (χ2n) is 8.34. The average molecular weight is 421 g/mol. The van der Waals surface area contributed by atoms with Gasteiger partial charge in [0.2, 0.25) is 0 Å². The zero-order chi connectivity index (χ0) is 21.9. The minimum absolute atomic E-state index is 0.969. The van der Waals surface area contributed by atoms with Crippen LogP contribution in [0.15, 0.2) is 79.3 Å². The molecule has 0 unspecified atom stereocenters. The van der Waals surface area contributed by atoms with Gasteiger partial charge in [0.25, 0.3) is 0 Å². The number of aryl methyl sites for hydroxylation is 1. The molecule has 3 heterocycles. The van der Waals surface area contributed by atoms with Crippen molar-refractivity contribution in [2.45, 2.75) is 33.1 Å². The fraction of sp³-hybridized carbons (Fsp3) is 0.214. The normalized spacial score (nSPS) is 11.3. The Bertz CT molecular complexity index is 1380. The molecule has 0 atom stereocenters. The fourth-order valence-electron chi connectivity index (χ4n) is 4.37. The van der Waals surface area contributed by atoms with Crippen molar-refractivity contribution in [3.8, 4) is 16.8 Å². The molecule has 1 N–H and O–H groups in total. The number of hydrogen-bond acceptors (Lipinski definition) is 3. The maximum absolute atomic E-state index is 4.77. The van der Waals surface area contributed by atoms with E-state index in [1.54, 1.807) is 0 Å². The van der Waals surface area contributed by atoms with Gasteiger partial charge in [-0.2, -0.15) is 0 Å². The van der Waals surface area contributed by atoms with E-state index in [4.69, 9.17) is 4.98 Å². The van der Waals surface area contributed by atoms with E-state index >= 15 is 0 Å². The number of anilines is 1. The summed E-state index contributed by atoms with van der Waals surface area (Å²) in [6, 6.07) is 21.1. The Morgan fingerprint density at radius 3 is 2.75 bits per heavy atom. The molecule has 0 aliphatic heterocycles. The van der Waals surface area contributed by atoms with Crippen molar-refractivity contribution >= 4 is 27.6 Å². The number of unbranched alkanes of at least 4 members (excludes halogenated alkanes) is 2. The predicted octanol–water partition coefficient (Wildman–Crippen LogP) is 7.15. The molecule has 5 aromatic rings. The third-order valence-electron chi connectivity index (χ3n) is 6.01. The van der Waals surface area contributed by atoms with Gasteiger partial charge in [0.15, 0.2) is 0 Å². The van der Waals surface area contributed by atoms with Crippen LogP contribution in [-0.4, -0.2) is 21.1 Å². The van der Waals surface area contributed by atoms with E-state index in [-0.39, 0.29) is 0 Å². The van der Waals surface area contributed by atoms with Crippen LogP contribution in [0.2, 0.25) is 0 Å². The molecule has 3 aromatic heterocycles. The van der Waals surface area contributed by atoms with E-state index in [9.17, 15) is 0 Å². The van der Waals surface area contributed by atoms with Gasteiger partial charge in [-0.3, -0.25) is 4.98 Å². The van der Waals surface area contributed by atoms with Gasteiger partial charge in [0.1, 0.15) is 5.65 Å². The molecule has 32 heavy (non-hydrogen) atoms. The van der Waals surface area contributed by atoms with Gasteiger partial charge in [-0.25, -0.2) is 4.98 Å². The van der Waals surface area contributed by atoms with Crippen LogP contribution >= 0.6 is 0 Å². The van der Waals surface area contributed by atoms with Crippen molar-refractivity contribution in [2.24, 2.45) is 0 Å². The van der Waals surface area contributed by atoms with Gasteiger partial charge in [0.05, 0.1) is 5.52 Å². The Labute approximate surface area is 189 Å². The van der Waals surface area contributed by atoms with Crippen LogP contribution in [0.5, 0.6) is 0 Å². The fourth-order valence-corrected chi connectivity index (χ4v) is 4.37. The van der Waals surface area contributed by atoms with Crippen LogP contribution in [-0.2, 0) is 0 Å². The monoisotopic (exact) mass is 420 g/mol. The molecule has 0 bridgehead atoms. The smallest absolute Gasteiger partial charge is 0.145 e. The van der Waals surface area contributed by atoms with E-state index in [2.05, 4.69) is 83.4 Å². The minimum Gasteiger partial charge on any atom is -0.385 e. The van der Waals surface area contributed by atoms with Crippen molar-refractivity contribution < 1.29 is 0 Å². The lowest BCUT2D eigenvalue weighted by atomic mass is 10.0. The predicted molar refractivity (Wildman–Crippen MR) is 135 cm³/mol. The molecule has 0 aliphatic rings. The average Bonchev–Trinajstić information content (AvgIpc) is 3.18. The molecule has 0 amide bonds. The summed E-state index contributed by atoms with van der Waals surface area (Å²) in [5, 5.41) is 5.88. The van der Waals surface area contributed by atoms with Gasteiger partial charge in [-0.15, -0.1) is 0 Å². The zero-order valence-electron chi connectivity index (χ0n) is 18.7. The lowest BCUT2D eigenvalue weighted by molar-refractivity contribution is 0.744. The van der Waals surface area contributed by atoms with E-state index < -0.39 is 0 Å². The van der Waals surface area contributed by atoms with Crippen LogP contribution in [0.3, 0.4) is 0 Å². The van der Waals surface area contributed by atoms with Gasteiger partial charge < -0.3 is 9.88 Å². The zero-order valence-corrected chi connectivity index (χ0v) is 18.7. The van der Waals surface area contributed by atoms with Crippen LogP contribution in [0.25, 0.3) is 38.8 Å². The van der Waals surface area contributed by atoms with Crippen molar-refractivity contribution in [3.63, 3.8) is 0 Å². The van der Waals surface area contributed by atoms with Crippen molar-refractivity contribution in [1.82, 2.24) is 14.5 Å². The molecule has 4 nitrogen and oxygen atoms in total. The van der Waals surface area contributed by atoms with Gasteiger partial charge >= 0.3 is 0 Å². The molecular formula is C28H28N4. The molecule has 0 saturated carbocycles. The van der Waals surface area contributed by atoms with Crippen LogP contribution in [0.4, 0.5) is 5.69 Å². The highest BCUT2D eigenvalue weighted by molar-refractivity contribution is 5.98. The molecule has 0 spiro atoms. The standard InChI is InChI=1S/C28H28N4/c1-3-4-7-14-29-23-10-8-11-24(17-23)32-19-20(2)27-25(13-15-30-28(27)32)22-16-21-9-5-6-12-26(21)31-18-22/h5-6,8-13,15-19,29H,3-4,7,14H2,1-2H3. The number of rotatable bonds is 7. The van der Waals surface area contributed by atoms with E-state index in [1.165, 1.54) is 35.8 Å². The van der Waals surface area contributed by atoms with Crippen molar-refractivity contribution in [1.29, 1.82) is 0 Å². The third kappa shape index (κ3) is 3.84. The maximum atomic E-state index is 4.77. The molecule has 160 valence electrons. The summed E-state index contributed by atoms with van der Waals surface area (Å²) in [5.41, 5.74) is 7.73. The molecule has 0 aliphatic carbocycles. The molecule has 0 radical (unpaired) electrons. The summed E-state index contributed by atoms with van der Waals surface area (Å²) < 4.78 is 2.19. The Hall–Kier alpha value is -3.66. The lowest BCUT2D eigenvalue weighted by Gasteiger charge is -2.10. The van der Waals surface area contributed by atoms with Crippen molar-refractivity contribution in [3.05, 3.63) is 84.8 Å². The van der Waals surface area contributed by atoms with Gasteiger partial charge in [-0.1, -0.05) is 44.0 Å². The first kappa shape index (κ1) is 20.3. The number of benzene rings is 2. The molecule has 5 rings (SSSR count).